The van der Waals surface area contributed by atoms with Crippen molar-refractivity contribution >= 4 is 34.1 Å². The second-order valence-electron chi connectivity index (χ2n) is 7.73. The van der Waals surface area contributed by atoms with Crippen molar-refractivity contribution in [2.24, 2.45) is 0 Å². The van der Waals surface area contributed by atoms with Crippen molar-refractivity contribution in [2.75, 3.05) is 38.4 Å². The Morgan fingerprint density at radius 2 is 2.13 bits per heavy atom. The van der Waals surface area contributed by atoms with E-state index in [4.69, 9.17) is 21.1 Å². The number of fused-ring (bicyclic) bond motifs is 2. The SMILES string of the molecule is COCCOCCN1c2ccccc2CC(NC(=O)c2cc3cc(Cl)ncc3[nH]2)C1C. The molecule has 31 heavy (non-hydrogen) atoms. The number of carbonyl (C=O) groups is 1. The van der Waals surface area contributed by atoms with Gasteiger partial charge in [0.15, 0.2) is 0 Å². The Labute approximate surface area is 186 Å². The van der Waals surface area contributed by atoms with E-state index in [0.29, 0.717) is 30.7 Å². The zero-order valence-electron chi connectivity index (χ0n) is 17.7. The Hall–Kier alpha value is -2.61. The molecule has 2 unspecified atom stereocenters. The van der Waals surface area contributed by atoms with Crippen LogP contribution in [0.1, 0.15) is 23.0 Å². The number of pyridine rings is 1. The molecule has 0 aliphatic carbocycles. The molecule has 0 saturated carbocycles. The number of hydrogen-bond donors (Lipinski definition) is 2. The van der Waals surface area contributed by atoms with Gasteiger partial charge in [0.1, 0.15) is 10.8 Å². The number of benzene rings is 1. The monoisotopic (exact) mass is 442 g/mol. The fourth-order valence-corrected chi connectivity index (χ4v) is 4.25. The molecular weight excluding hydrogens is 416 g/mol. The molecular formula is C23H27ClN4O3. The largest absolute Gasteiger partial charge is 0.382 e. The second-order valence-corrected chi connectivity index (χ2v) is 8.12. The molecule has 3 heterocycles. The summed E-state index contributed by atoms with van der Waals surface area (Å²) in [7, 11) is 1.66. The van der Waals surface area contributed by atoms with Gasteiger partial charge < -0.3 is 24.7 Å². The Morgan fingerprint density at radius 1 is 1.29 bits per heavy atom. The van der Waals surface area contributed by atoms with Gasteiger partial charge in [0.25, 0.3) is 5.91 Å². The molecule has 0 saturated heterocycles. The first-order valence-electron chi connectivity index (χ1n) is 10.4. The highest BCUT2D eigenvalue weighted by Crippen LogP contribution is 2.30. The Morgan fingerprint density at radius 3 is 2.97 bits per heavy atom. The Bertz CT molecular complexity index is 1050. The number of rotatable bonds is 8. The summed E-state index contributed by atoms with van der Waals surface area (Å²) in [6.45, 7) is 4.63. The molecule has 8 heteroatoms. The molecule has 4 rings (SSSR count). The first kappa shape index (κ1) is 21.6. The first-order chi connectivity index (χ1) is 15.1. The maximum atomic E-state index is 13.0. The van der Waals surface area contributed by atoms with Crippen LogP contribution in [0.4, 0.5) is 5.69 Å². The number of H-pyrrole nitrogens is 1. The van der Waals surface area contributed by atoms with Gasteiger partial charge in [0.2, 0.25) is 0 Å². The van der Waals surface area contributed by atoms with E-state index in [1.54, 1.807) is 25.4 Å². The molecule has 3 aromatic rings. The van der Waals surface area contributed by atoms with Gasteiger partial charge in [0.05, 0.1) is 37.6 Å². The lowest BCUT2D eigenvalue weighted by molar-refractivity contribution is 0.0729. The smallest absolute Gasteiger partial charge is 0.268 e. The van der Waals surface area contributed by atoms with E-state index in [1.807, 2.05) is 12.1 Å². The molecule has 2 N–H and O–H groups in total. The van der Waals surface area contributed by atoms with Gasteiger partial charge in [-0.3, -0.25) is 4.79 Å². The molecule has 2 atom stereocenters. The van der Waals surface area contributed by atoms with E-state index < -0.39 is 0 Å². The van der Waals surface area contributed by atoms with E-state index in [1.165, 1.54) is 11.3 Å². The van der Waals surface area contributed by atoms with Crippen LogP contribution in [0.5, 0.6) is 0 Å². The van der Waals surface area contributed by atoms with E-state index in [9.17, 15) is 4.79 Å². The predicted octanol–water partition coefficient (Wildman–Crippen LogP) is 3.43. The van der Waals surface area contributed by atoms with Gasteiger partial charge in [-0.05, 0) is 37.1 Å². The van der Waals surface area contributed by atoms with Crippen molar-refractivity contribution in [1.29, 1.82) is 0 Å². The lowest BCUT2D eigenvalue weighted by Gasteiger charge is -2.42. The fraction of sp³-hybridized carbons (Fsp3) is 0.391. The summed E-state index contributed by atoms with van der Waals surface area (Å²) in [5.74, 6) is -0.139. The predicted molar refractivity (Wildman–Crippen MR) is 122 cm³/mol. The number of nitrogens with zero attached hydrogens (tertiary/aromatic N) is 2. The van der Waals surface area contributed by atoms with Crippen LogP contribution >= 0.6 is 11.6 Å². The van der Waals surface area contributed by atoms with Gasteiger partial charge in [-0.15, -0.1) is 0 Å². The summed E-state index contributed by atoms with van der Waals surface area (Å²) in [5, 5.41) is 4.48. The minimum atomic E-state index is -0.139. The zero-order valence-corrected chi connectivity index (χ0v) is 18.5. The van der Waals surface area contributed by atoms with Gasteiger partial charge >= 0.3 is 0 Å². The van der Waals surface area contributed by atoms with E-state index in [2.05, 4.69) is 39.2 Å². The molecule has 0 bridgehead atoms. The van der Waals surface area contributed by atoms with Crippen molar-refractivity contribution in [3.8, 4) is 0 Å². The summed E-state index contributed by atoms with van der Waals surface area (Å²) in [5.41, 5.74) is 3.70. The van der Waals surface area contributed by atoms with Crippen LogP contribution in [-0.2, 0) is 15.9 Å². The maximum absolute atomic E-state index is 13.0. The molecule has 1 aliphatic heterocycles. The third kappa shape index (κ3) is 4.84. The van der Waals surface area contributed by atoms with Crippen molar-refractivity contribution < 1.29 is 14.3 Å². The molecule has 0 spiro atoms. The normalized spacial score (nSPS) is 18.2. The molecule has 1 aliphatic rings. The van der Waals surface area contributed by atoms with E-state index in [-0.39, 0.29) is 18.0 Å². The third-order valence-corrected chi connectivity index (χ3v) is 5.96. The number of amides is 1. The molecule has 2 aromatic heterocycles. The summed E-state index contributed by atoms with van der Waals surface area (Å²) < 4.78 is 10.7. The minimum absolute atomic E-state index is 0.0329. The van der Waals surface area contributed by atoms with Gasteiger partial charge in [-0.25, -0.2) is 4.98 Å². The number of aromatic amines is 1. The molecule has 1 aromatic carbocycles. The second kappa shape index (κ2) is 9.68. The van der Waals surface area contributed by atoms with Crippen LogP contribution in [0.15, 0.2) is 42.6 Å². The molecule has 1 amide bonds. The number of halogens is 1. The van der Waals surface area contributed by atoms with Crippen LogP contribution < -0.4 is 10.2 Å². The number of para-hydroxylation sites is 1. The minimum Gasteiger partial charge on any atom is -0.382 e. The topological polar surface area (TPSA) is 79.5 Å². The van der Waals surface area contributed by atoms with Crippen molar-refractivity contribution in [3.05, 3.63) is 59.0 Å². The van der Waals surface area contributed by atoms with Crippen LogP contribution in [0.2, 0.25) is 5.15 Å². The van der Waals surface area contributed by atoms with Crippen LogP contribution in [0.3, 0.4) is 0 Å². The van der Waals surface area contributed by atoms with Crippen molar-refractivity contribution in [1.82, 2.24) is 15.3 Å². The highest BCUT2D eigenvalue weighted by molar-refractivity contribution is 6.30. The van der Waals surface area contributed by atoms with Crippen molar-refractivity contribution in [3.63, 3.8) is 0 Å². The molecule has 7 nitrogen and oxygen atoms in total. The average Bonchev–Trinajstić information content (AvgIpc) is 3.19. The fourth-order valence-electron chi connectivity index (χ4n) is 4.08. The van der Waals surface area contributed by atoms with Crippen LogP contribution in [0, 0.1) is 0 Å². The molecule has 164 valence electrons. The van der Waals surface area contributed by atoms with Crippen LogP contribution in [-0.4, -0.2) is 61.4 Å². The lowest BCUT2D eigenvalue weighted by atomic mass is 9.91. The van der Waals surface area contributed by atoms with Gasteiger partial charge in [-0.1, -0.05) is 29.8 Å². The van der Waals surface area contributed by atoms with Gasteiger partial charge in [0, 0.05) is 30.8 Å². The lowest BCUT2D eigenvalue weighted by Crippen LogP contribution is -2.55. The molecule has 0 fully saturated rings. The number of hydrogen-bond acceptors (Lipinski definition) is 5. The van der Waals surface area contributed by atoms with E-state index in [0.717, 1.165) is 23.9 Å². The van der Waals surface area contributed by atoms with E-state index >= 15 is 0 Å². The average molecular weight is 443 g/mol. The number of carbonyl (C=O) groups excluding carboxylic acids is 1. The number of nitrogens with one attached hydrogen (secondary N) is 2. The van der Waals surface area contributed by atoms with Gasteiger partial charge in [-0.2, -0.15) is 0 Å². The standard InChI is InChI=1S/C23H27ClN4O3/c1-15-18(27-23(29)19-12-17-13-22(24)25-14-20(17)26-19)11-16-5-3-4-6-21(16)28(15)7-8-31-10-9-30-2/h3-6,12-15,18,26H,7-11H2,1-2H3,(H,27,29). The number of anilines is 1. The molecule has 0 radical (unpaired) electrons. The maximum Gasteiger partial charge on any atom is 0.268 e. The zero-order chi connectivity index (χ0) is 21.8. The highest BCUT2D eigenvalue weighted by atomic mass is 35.5. The third-order valence-electron chi connectivity index (χ3n) is 5.76. The Kier molecular flexibility index (Phi) is 6.75. The summed E-state index contributed by atoms with van der Waals surface area (Å²) in [6.07, 6.45) is 2.41. The quantitative estimate of drug-likeness (QED) is 0.412. The number of methoxy groups -OCH3 is 1. The number of aromatic nitrogens is 2. The summed E-state index contributed by atoms with van der Waals surface area (Å²) >= 11 is 5.97. The summed E-state index contributed by atoms with van der Waals surface area (Å²) in [4.78, 5) is 22.5. The first-order valence-corrected chi connectivity index (χ1v) is 10.8. The highest BCUT2D eigenvalue weighted by Gasteiger charge is 2.32. The van der Waals surface area contributed by atoms with Crippen LogP contribution in [0.25, 0.3) is 10.9 Å². The van der Waals surface area contributed by atoms with Crippen molar-refractivity contribution in [2.45, 2.75) is 25.4 Å². The number of ether oxygens (including phenoxy) is 2. The Balaban J connectivity index is 1.49. The summed E-state index contributed by atoms with van der Waals surface area (Å²) in [6, 6.07) is 12.0.